The largest absolute Gasteiger partial charge is 0.481 e. The number of benzene rings is 1. The smallest absolute Gasteiger partial charge is 0.296 e. The summed E-state index contributed by atoms with van der Waals surface area (Å²) in [5, 5.41) is 16.6. The van der Waals surface area contributed by atoms with Gasteiger partial charge in [0.2, 0.25) is 0 Å². The summed E-state index contributed by atoms with van der Waals surface area (Å²) >= 11 is 0. The first-order chi connectivity index (χ1) is 9.61. The van der Waals surface area contributed by atoms with E-state index in [9.17, 15) is 14.9 Å². The molecule has 108 valence electrons. The highest BCUT2D eigenvalue weighted by molar-refractivity contribution is 5.96. The Morgan fingerprint density at radius 3 is 3.05 bits per heavy atom. The number of carbonyl (C=O) groups is 1. The molecule has 8 nitrogen and oxygen atoms in total. The first-order valence-corrected chi connectivity index (χ1v) is 6.18. The molecule has 1 aliphatic heterocycles. The summed E-state index contributed by atoms with van der Waals surface area (Å²) in [5.74, 6) is 0.0123. The molecule has 1 aliphatic rings. The van der Waals surface area contributed by atoms with E-state index in [0.29, 0.717) is 36.9 Å². The molecular formula is C12H15N3O5. The number of nitro groups is 1. The minimum absolute atomic E-state index is 0.101. The van der Waals surface area contributed by atoms with E-state index in [1.807, 2.05) is 6.92 Å². The molecule has 0 unspecified atom stereocenters. The maximum atomic E-state index is 11.2. The molecule has 2 rings (SSSR count). The van der Waals surface area contributed by atoms with E-state index in [2.05, 4.69) is 10.6 Å². The number of rotatable bonds is 6. The van der Waals surface area contributed by atoms with Crippen molar-refractivity contribution in [2.24, 2.45) is 0 Å². The van der Waals surface area contributed by atoms with Gasteiger partial charge >= 0.3 is 0 Å². The standard InChI is InChI=1S/C12H15N3O5/c1-2-19-4-3-13-8-5-9-11(6-10(8)15(17)18)20-7-12(16)14-9/h5-6,13H,2-4,7H2,1H3,(H,14,16). The third-order valence-electron chi connectivity index (χ3n) is 2.69. The zero-order valence-electron chi connectivity index (χ0n) is 11.0. The molecule has 20 heavy (non-hydrogen) atoms. The second kappa shape index (κ2) is 6.20. The van der Waals surface area contributed by atoms with Crippen LogP contribution in [0.4, 0.5) is 17.1 Å². The molecule has 0 fully saturated rings. The summed E-state index contributed by atoms with van der Waals surface area (Å²) in [6.07, 6.45) is 0. The maximum Gasteiger partial charge on any atom is 0.296 e. The Labute approximate surface area is 115 Å². The average molecular weight is 281 g/mol. The van der Waals surface area contributed by atoms with Crippen LogP contribution in [0.3, 0.4) is 0 Å². The normalized spacial score (nSPS) is 13.2. The first-order valence-electron chi connectivity index (χ1n) is 6.18. The minimum Gasteiger partial charge on any atom is -0.481 e. The molecule has 1 aromatic rings. The summed E-state index contributed by atoms with van der Waals surface area (Å²) in [6, 6.07) is 2.80. The number of nitrogens with one attached hydrogen (secondary N) is 2. The molecule has 0 spiro atoms. The highest BCUT2D eigenvalue weighted by atomic mass is 16.6. The van der Waals surface area contributed by atoms with Crippen LogP contribution in [0.5, 0.6) is 5.75 Å². The molecular weight excluding hydrogens is 266 g/mol. The van der Waals surface area contributed by atoms with Crippen molar-refractivity contribution >= 4 is 23.0 Å². The van der Waals surface area contributed by atoms with Crippen molar-refractivity contribution < 1.29 is 19.2 Å². The third kappa shape index (κ3) is 3.15. The molecule has 0 aromatic heterocycles. The molecule has 1 aromatic carbocycles. The fourth-order valence-corrected chi connectivity index (χ4v) is 1.81. The van der Waals surface area contributed by atoms with Gasteiger partial charge in [-0.25, -0.2) is 0 Å². The lowest BCUT2D eigenvalue weighted by Crippen LogP contribution is -2.25. The molecule has 0 atom stereocenters. The van der Waals surface area contributed by atoms with Gasteiger partial charge in [0.1, 0.15) is 5.69 Å². The summed E-state index contributed by atoms with van der Waals surface area (Å²) in [6.45, 7) is 3.18. The van der Waals surface area contributed by atoms with E-state index in [1.54, 1.807) is 0 Å². The topological polar surface area (TPSA) is 103 Å². The Balaban J connectivity index is 2.21. The van der Waals surface area contributed by atoms with E-state index >= 15 is 0 Å². The Morgan fingerprint density at radius 1 is 1.55 bits per heavy atom. The second-order valence-electron chi connectivity index (χ2n) is 4.08. The Bertz CT molecular complexity index is 532. The number of amides is 1. The predicted octanol–water partition coefficient (Wildman–Crippen LogP) is 1.37. The number of fused-ring (bicyclic) bond motifs is 1. The molecule has 1 heterocycles. The van der Waals surface area contributed by atoms with Crippen molar-refractivity contribution in [1.29, 1.82) is 0 Å². The predicted molar refractivity (Wildman–Crippen MR) is 72.2 cm³/mol. The molecule has 0 aliphatic carbocycles. The van der Waals surface area contributed by atoms with Crippen molar-refractivity contribution in [3.8, 4) is 5.75 Å². The van der Waals surface area contributed by atoms with Gasteiger partial charge in [-0.1, -0.05) is 0 Å². The Hall–Kier alpha value is -2.35. The van der Waals surface area contributed by atoms with Gasteiger partial charge in [0.15, 0.2) is 12.4 Å². The quantitative estimate of drug-likeness (QED) is 0.464. The Morgan fingerprint density at radius 2 is 2.35 bits per heavy atom. The lowest BCUT2D eigenvalue weighted by Gasteiger charge is -2.19. The van der Waals surface area contributed by atoms with Crippen LogP contribution in [0.2, 0.25) is 0 Å². The zero-order valence-corrected chi connectivity index (χ0v) is 11.0. The lowest BCUT2D eigenvalue weighted by molar-refractivity contribution is -0.384. The van der Waals surface area contributed by atoms with E-state index in [1.165, 1.54) is 12.1 Å². The fraction of sp³-hybridized carbons (Fsp3) is 0.417. The number of ether oxygens (including phenoxy) is 2. The van der Waals surface area contributed by atoms with Gasteiger partial charge in [-0.15, -0.1) is 0 Å². The zero-order chi connectivity index (χ0) is 14.5. The van der Waals surface area contributed by atoms with Crippen LogP contribution in [0.15, 0.2) is 12.1 Å². The number of nitro benzene ring substituents is 1. The van der Waals surface area contributed by atoms with Gasteiger partial charge in [-0.05, 0) is 13.0 Å². The molecule has 0 saturated heterocycles. The van der Waals surface area contributed by atoms with E-state index in [-0.39, 0.29) is 18.2 Å². The lowest BCUT2D eigenvalue weighted by atomic mass is 10.2. The molecule has 0 bridgehead atoms. The van der Waals surface area contributed by atoms with E-state index in [0.717, 1.165) is 0 Å². The van der Waals surface area contributed by atoms with Gasteiger partial charge in [-0.3, -0.25) is 14.9 Å². The summed E-state index contributed by atoms with van der Waals surface area (Å²) in [5.41, 5.74) is 0.640. The number of carbonyl (C=O) groups excluding carboxylic acids is 1. The van der Waals surface area contributed by atoms with Gasteiger partial charge in [-0.2, -0.15) is 0 Å². The monoisotopic (exact) mass is 281 g/mol. The van der Waals surface area contributed by atoms with Gasteiger partial charge in [0.25, 0.3) is 11.6 Å². The van der Waals surface area contributed by atoms with Crippen LogP contribution in [0.1, 0.15) is 6.92 Å². The van der Waals surface area contributed by atoms with Crippen LogP contribution < -0.4 is 15.4 Å². The van der Waals surface area contributed by atoms with Crippen LogP contribution in [0, 0.1) is 10.1 Å². The average Bonchev–Trinajstić information content (AvgIpc) is 2.42. The molecule has 2 N–H and O–H groups in total. The fourth-order valence-electron chi connectivity index (χ4n) is 1.81. The summed E-state index contributed by atoms with van der Waals surface area (Å²) in [7, 11) is 0. The molecule has 0 radical (unpaired) electrons. The number of nitrogens with zero attached hydrogens (tertiary/aromatic N) is 1. The van der Waals surface area contributed by atoms with Crippen molar-refractivity contribution in [3.63, 3.8) is 0 Å². The number of hydrogen-bond donors (Lipinski definition) is 2. The SMILES string of the molecule is CCOCCNc1cc2c(cc1[N+](=O)[O-])OCC(=O)N2. The van der Waals surface area contributed by atoms with Crippen LogP contribution in [-0.2, 0) is 9.53 Å². The molecule has 1 amide bonds. The summed E-state index contributed by atoms with van der Waals surface area (Å²) in [4.78, 5) is 21.8. The van der Waals surface area contributed by atoms with Gasteiger partial charge < -0.3 is 20.1 Å². The van der Waals surface area contributed by atoms with Crippen molar-refractivity contribution in [1.82, 2.24) is 0 Å². The van der Waals surface area contributed by atoms with Crippen molar-refractivity contribution in [3.05, 3.63) is 22.2 Å². The maximum absolute atomic E-state index is 11.2. The Kier molecular flexibility index (Phi) is 4.36. The van der Waals surface area contributed by atoms with E-state index in [4.69, 9.17) is 9.47 Å². The highest BCUT2D eigenvalue weighted by Gasteiger charge is 2.23. The van der Waals surface area contributed by atoms with Crippen LogP contribution in [-0.4, -0.2) is 37.2 Å². The van der Waals surface area contributed by atoms with Crippen molar-refractivity contribution in [2.75, 3.05) is 37.0 Å². The number of hydrogen-bond acceptors (Lipinski definition) is 6. The van der Waals surface area contributed by atoms with Crippen molar-refractivity contribution in [2.45, 2.75) is 6.92 Å². The van der Waals surface area contributed by atoms with E-state index < -0.39 is 4.92 Å². The second-order valence-corrected chi connectivity index (χ2v) is 4.08. The molecule has 0 saturated carbocycles. The first kappa shape index (κ1) is 14.1. The molecule has 8 heteroatoms. The van der Waals surface area contributed by atoms with Crippen LogP contribution >= 0.6 is 0 Å². The summed E-state index contributed by atoms with van der Waals surface area (Å²) < 4.78 is 10.3. The number of anilines is 2. The van der Waals surface area contributed by atoms with Crippen LogP contribution in [0.25, 0.3) is 0 Å². The van der Waals surface area contributed by atoms with Gasteiger partial charge in [0.05, 0.1) is 23.3 Å². The third-order valence-corrected chi connectivity index (χ3v) is 2.69. The van der Waals surface area contributed by atoms with Gasteiger partial charge in [0, 0.05) is 13.2 Å². The minimum atomic E-state index is -0.497. The highest BCUT2D eigenvalue weighted by Crippen LogP contribution is 2.37.